The Labute approximate surface area is 115 Å². The molecule has 0 amide bonds. The zero-order valence-electron chi connectivity index (χ0n) is 11.2. The monoisotopic (exact) mass is 290 g/mol. The summed E-state index contributed by atoms with van der Waals surface area (Å²) < 4.78 is 42.2. The van der Waals surface area contributed by atoms with E-state index in [-0.39, 0.29) is 0 Å². The summed E-state index contributed by atoms with van der Waals surface area (Å²) >= 11 is 0. The molecule has 20 heavy (non-hydrogen) atoms. The number of aromatic nitrogens is 1. The fraction of sp³-hybridized carbons (Fsp3) is 0.583. The summed E-state index contributed by atoms with van der Waals surface area (Å²) in [4.78, 5) is 7.50. The van der Waals surface area contributed by atoms with Crippen LogP contribution in [0.15, 0.2) is 12.3 Å². The van der Waals surface area contributed by atoms with Crippen molar-refractivity contribution in [1.82, 2.24) is 9.88 Å². The molecule has 0 aromatic carbocycles. The molecule has 0 unspecified atom stereocenters. The van der Waals surface area contributed by atoms with E-state index in [1.165, 1.54) is 18.2 Å². The lowest BCUT2D eigenvalue weighted by Gasteiger charge is -2.36. The van der Waals surface area contributed by atoms with Crippen LogP contribution >= 0.6 is 0 Å². The Morgan fingerprint density at radius 2 is 1.95 bits per heavy atom. The molecule has 1 aliphatic heterocycles. The average molecular weight is 290 g/mol. The molecule has 1 fully saturated rings. The first kappa shape index (κ1) is 14.7. The lowest BCUT2D eigenvalue weighted by atomic mass is 10.3. The van der Waals surface area contributed by atoms with Gasteiger partial charge in [0, 0.05) is 32.2 Å². The Morgan fingerprint density at radius 1 is 1.30 bits per heavy atom. The maximum absolute atomic E-state index is 12.3. The third kappa shape index (κ3) is 3.66. The second-order valence-corrected chi connectivity index (χ2v) is 4.67. The minimum atomic E-state index is -4.15. The highest BCUT2D eigenvalue weighted by atomic mass is 19.4. The van der Waals surface area contributed by atoms with Crippen molar-refractivity contribution in [3.05, 3.63) is 12.3 Å². The highest BCUT2D eigenvalue weighted by Crippen LogP contribution is 2.28. The third-order valence-corrected chi connectivity index (χ3v) is 3.15. The minimum absolute atomic E-state index is 0.342. The number of hydrogen-bond acceptors (Lipinski definition) is 5. The number of pyridine rings is 1. The van der Waals surface area contributed by atoms with E-state index in [9.17, 15) is 13.2 Å². The second kappa shape index (κ2) is 5.74. The molecule has 1 saturated heterocycles. The number of piperazine rings is 1. The summed E-state index contributed by atoms with van der Waals surface area (Å²) in [6.07, 6.45) is -2.64. The molecule has 1 aliphatic rings. The fourth-order valence-corrected chi connectivity index (χ4v) is 2.21. The predicted octanol–water partition coefficient (Wildman–Crippen LogP) is 1.36. The molecule has 2 heterocycles. The van der Waals surface area contributed by atoms with Crippen molar-refractivity contribution in [2.75, 3.05) is 50.5 Å². The van der Waals surface area contributed by atoms with Gasteiger partial charge < -0.3 is 15.4 Å². The van der Waals surface area contributed by atoms with Crippen LogP contribution in [-0.4, -0.2) is 55.9 Å². The molecule has 0 atom stereocenters. The van der Waals surface area contributed by atoms with E-state index in [1.54, 1.807) is 6.07 Å². The van der Waals surface area contributed by atoms with Gasteiger partial charge in [0.05, 0.1) is 25.5 Å². The van der Waals surface area contributed by atoms with Crippen LogP contribution in [0.1, 0.15) is 0 Å². The lowest BCUT2D eigenvalue weighted by Crippen LogP contribution is -2.49. The number of nitrogen functional groups attached to an aromatic ring is 1. The van der Waals surface area contributed by atoms with E-state index in [0.717, 1.165) is 0 Å². The number of alkyl halides is 3. The molecule has 112 valence electrons. The van der Waals surface area contributed by atoms with Crippen LogP contribution in [0.5, 0.6) is 5.75 Å². The molecule has 2 rings (SSSR count). The van der Waals surface area contributed by atoms with Crippen molar-refractivity contribution in [3.63, 3.8) is 0 Å². The SMILES string of the molecule is COc1cc(N)cnc1N1CCN(CC(F)(F)F)CC1. The first-order valence-electron chi connectivity index (χ1n) is 6.22. The van der Waals surface area contributed by atoms with Gasteiger partial charge in [0.25, 0.3) is 0 Å². The Morgan fingerprint density at radius 3 is 2.50 bits per heavy atom. The minimum Gasteiger partial charge on any atom is -0.493 e. The zero-order valence-corrected chi connectivity index (χ0v) is 11.2. The largest absolute Gasteiger partial charge is 0.493 e. The van der Waals surface area contributed by atoms with Gasteiger partial charge in [0.1, 0.15) is 0 Å². The van der Waals surface area contributed by atoms with E-state index < -0.39 is 12.7 Å². The van der Waals surface area contributed by atoms with Crippen LogP contribution in [-0.2, 0) is 0 Å². The molecule has 0 bridgehead atoms. The van der Waals surface area contributed by atoms with E-state index >= 15 is 0 Å². The summed E-state index contributed by atoms with van der Waals surface area (Å²) in [6.45, 7) is 0.767. The summed E-state index contributed by atoms with van der Waals surface area (Å²) in [6, 6.07) is 1.66. The number of rotatable bonds is 3. The van der Waals surface area contributed by atoms with Gasteiger partial charge in [-0.25, -0.2) is 4.98 Å². The van der Waals surface area contributed by atoms with E-state index in [0.29, 0.717) is 43.4 Å². The average Bonchev–Trinajstić information content (AvgIpc) is 2.38. The molecule has 5 nitrogen and oxygen atoms in total. The molecule has 0 saturated carbocycles. The van der Waals surface area contributed by atoms with E-state index in [2.05, 4.69) is 4.98 Å². The van der Waals surface area contributed by atoms with Crippen LogP contribution in [0.4, 0.5) is 24.7 Å². The van der Waals surface area contributed by atoms with E-state index in [4.69, 9.17) is 10.5 Å². The standard InChI is InChI=1S/C12H17F3N4O/c1-20-10-6-9(16)7-17-11(10)19-4-2-18(3-5-19)8-12(13,14)15/h6-7H,2-5,8,16H2,1H3. The topological polar surface area (TPSA) is 54.6 Å². The van der Waals surface area contributed by atoms with Crippen molar-refractivity contribution in [1.29, 1.82) is 0 Å². The maximum atomic E-state index is 12.3. The predicted molar refractivity (Wildman–Crippen MR) is 69.9 cm³/mol. The molecule has 2 N–H and O–H groups in total. The smallest absolute Gasteiger partial charge is 0.401 e. The van der Waals surface area contributed by atoms with Gasteiger partial charge >= 0.3 is 6.18 Å². The van der Waals surface area contributed by atoms with Crippen LogP contribution in [0.25, 0.3) is 0 Å². The Balaban J connectivity index is 2.00. The Kier molecular flexibility index (Phi) is 4.22. The quantitative estimate of drug-likeness (QED) is 0.911. The molecule has 8 heteroatoms. The van der Waals surface area contributed by atoms with Crippen LogP contribution in [0.3, 0.4) is 0 Å². The normalized spacial score (nSPS) is 17.3. The molecular weight excluding hydrogens is 273 g/mol. The number of anilines is 2. The van der Waals surface area contributed by atoms with Crippen molar-refractivity contribution in [2.45, 2.75) is 6.18 Å². The van der Waals surface area contributed by atoms with Crippen LogP contribution < -0.4 is 15.4 Å². The van der Waals surface area contributed by atoms with Gasteiger partial charge in [-0.05, 0) is 0 Å². The number of hydrogen-bond donors (Lipinski definition) is 1. The molecule has 1 aromatic heterocycles. The lowest BCUT2D eigenvalue weighted by molar-refractivity contribution is -0.146. The van der Waals surface area contributed by atoms with Gasteiger partial charge in [-0.2, -0.15) is 13.2 Å². The van der Waals surface area contributed by atoms with Crippen molar-refractivity contribution >= 4 is 11.5 Å². The summed E-state index contributed by atoms with van der Waals surface area (Å²) in [5.41, 5.74) is 6.12. The number of ether oxygens (including phenoxy) is 1. The van der Waals surface area contributed by atoms with Gasteiger partial charge in [0.15, 0.2) is 11.6 Å². The van der Waals surface area contributed by atoms with Gasteiger partial charge in [0.2, 0.25) is 0 Å². The third-order valence-electron chi connectivity index (χ3n) is 3.15. The maximum Gasteiger partial charge on any atom is 0.401 e. The van der Waals surface area contributed by atoms with Gasteiger partial charge in [-0.3, -0.25) is 4.90 Å². The Bertz CT molecular complexity index is 459. The second-order valence-electron chi connectivity index (χ2n) is 4.67. The van der Waals surface area contributed by atoms with Crippen molar-refractivity contribution in [2.24, 2.45) is 0 Å². The summed E-state index contributed by atoms with van der Waals surface area (Å²) in [5.74, 6) is 1.16. The van der Waals surface area contributed by atoms with Gasteiger partial charge in [-0.1, -0.05) is 0 Å². The van der Waals surface area contributed by atoms with E-state index in [1.807, 2.05) is 4.90 Å². The summed E-state index contributed by atoms with van der Waals surface area (Å²) in [7, 11) is 1.51. The van der Waals surface area contributed by atoms with Crippen LogP contribution in [0, 0.1) is 0 Å². The first-order valence-corrected chi connectivity index (χ1v) is 6.22. The molecule has 0 radical (unpaired) electrons. The number of nitrogens with zero attached hydrogens (tertiary/aromatic N) is 3. The molecular formula is C12H17F3N4O. The zero-order chi connectivity index (χ0) is 14.8. The molecule has 1 aromatic rings. The van der Waals surface area contributed by atoms with Crippen molar-refractivity contribution in [3.8, 4) is 5.75 Å². The highest BCUT2D eigenvalue weighted by Gasteiger charge is 2.32. The number of nitrogens with two attached hydrogens (primary N) is 1. The molecule has 0 aliphatic carbocycles. The number of methoxy groups -OCH3 is 1. The highest BCUT2D eigenvalue weighted by molar-refractivity contribution is 5.58. The van der Waals surface area contributed by atoms with Crippen molar-refractivity contribution < 1.29 is 17.9 Å². The summed E-state index contributed by atoms with van der Waals surface area (Å²) in [5, 5.41) is 0. The number of halogens is 3. The molecule has 0 spiro atoms. The van der Waals surface area contributed by atoms with Crippen LogP contribution in [0.2, 0.25) is 0 Å². The van der Waals surface area contributed by atoms with Gasteiger partial charge in [-0.15, -0.1) is 0 Å². The Hall–Kier alpha value is -1.70. The fourth-order valence-electron chi connectivity index (χ4n) is 2.21. The first-order chi connectivity index (χ1) is 9.39.